The summed E-state index contributed by atoms with van der Waals surface area (Å²) in [5.41, 5.74) is 19.8. The first-order chi connectivity index (χ1) is 31.3. The zero-order chi connectivity index (χ0) is 41.7. The molecule has 4 unspecified atom stereocenters. The Kier molecular flexibility index (Phi) is 9.55. The number of fused-ring (bicyclic) bond motifs is 6. The minimum atomic E-state index is -0.317. The van der Waals surface area contributed by atoms with Gasteiger partial charge in [0.2, 0.25) is 0 Å². The quantitative estimate of drug-likeness (QED) is 0.174. The lowest BCUT2D eigenvalue weighted by molar-refractivity contribution is 0.602. The molecule has 0 amide bonds. The molecule has 63 heavy (non-hydrogen) atoms. The van der Waals surface area contributed by atoms with Crippen LogP contribution in [-0.4, -0.2) is 0 Å². The number of hydrogen-bond acceptors (Lipinski definition) is 0. The lowest BCUT2D eigenvalue weighted by atomic mass is 9.63. The molecule has 12 rings (SSSR count). The Hall–Kier alpha value is -6.76. The summed E-state index contributed by atoms with van der Waals surface area (Å²) >= 11 is 0. The van der Waals surface area contributed by atoms with Gasteiger partial charge < -0.3 is 0 Å². The Morgan fingerprint density at radius 1 is 0.429 bits per heavy atom. The van der Waals surface area contributed by atoms with E-state index in [0.29, 0.717) is 23.7 Å². The van der Waals surface area contributed by atoms with E-state index in [0.717, 1.165) is 38.5 Å². The summed E-state index contributed by atoms with van der Waals surface area (Å²) in [6.45, 7) is 0. The largest absolute Gasteiger partial charge is 0.0842 e. The Morgan fingerprint density at radius 3 is 1.65 bits per heavy atom. The fourth-order valence-electron chi connectivity index (χ4n) is 12.4. The maximum atomic E-state index is 2.51. The third-order valence-corrected chi connectivity index (χ3v) is 15.2. The molecule has 0 aromatic heterocycles. The summed E-state index contributed by atoms with van der Waals surface area (Å²) < 4.78 is 0. The van der Waals surface area contributed by atoms with E-state index in [1.807, 2.05) is 0 Å². The number of rotatable bonds is 7. The van der Waals surface area contributed by atoms with Crippen molar-refractivity contribution < 1.29 is 0 Å². The zero-order valence-corrected chi connectivity index (χ0v) is 35.8. The SMILES string of the molecule is C1=CCCC(C2=CC=C(C=CC3=CC=C(C4=c5ccccc5=C(C5=CC=C(C6(c7ccccc7)c7ccccc7-c7ccccc76)CC5)C5C=CC=CC45)CC3)C3C=CC=CC23)=C1. The van der Waals surface area contributed by atoms with Crippen LogP contribution in [-0.2, 0) is 5.41 Å². The van der Waals surface area contributed by atoms with Crippen molar-refractivity contribution in [1.82, 2.24) is 0 Å². The summed E-state index contributed by atoms with van der Waals surface area (Å²) in [6.07, 6.45) is 51.4. The van der Waals surface area contributed by atoms with Gasteiger partial charge in [0.05, 0.1) is 5.41 Å². The summed E-state index contributed by atoms with van der Waals surface area (Å²) in [7, 11) is 0. The highest BCUT2D eigenvalue weighted by Gasteiger charge is 2.47. The molecular formula is C63H52. The molecule has 0 heteroatoms. The average Bonchev–Trinajstić information content (AvgIpc) is 3.67. The molecule has 4 atom stereocenters. The number of hydrogen-bond donors (Lipinski definition) is 0. The van der Waals surface area contributed by atoms with Gasteiger partial charge in [0, 0.05) is 23.7 Å². The van der Waals surface area contributed by atoms with Crippen LogP contribution in [0.1, 0.15) is 55.2 Å². The van der Waals surface area contributed by atoms with Crippen LogP contribution in [0.3, 0.4) is 0 Å². The smallest absolute Gasteiger partial charge is 0.0676 e. The minimum Gasteiger partial charge on any atom is -0.0842 e. The van der Waals surface area contributed by atoms with Gasteiger partial charge in [0.25, 0.3) is 0 Å². The van der Waals surface area contributed by atoms with Gasteiger partial charge in [0.15, 0.2) is 0 Å². The van der Waals surface area contributed by atoms with Crippen LogP contribution in [0.15, 0.2) is 258 Å². The van der Waals surface area contributed by atoms with Gasteiger partial charge in [-0.05, 0) is 121 Å². The Morgan fingerprint density at radius 2 is 1.03 bits per heavy atom. The molecular weight excluding hydrogens is 757 g/mol. The van der Waals surface area contributed by atoms with Crippen LogP contribution < -0.4 is 10.4 Å². The maximum Gasteiger partial charge on any atom is 0.0676 e. The molecule has 0 aliphatic heterocycles. The summed E-state index contributed by atoms with van der Waals surface area (Å²) in [5, 5.41) is 2.81. The molecule has 8 aliphatic rings. The maximum absolute atomic E-state index is 2.51. The predicted octanol–water partition coefficient (Wildman–Crippen LogP) is 13.7. The Balaban J connectivity index is 0.921. The Labute approximate surface area is 372 Å². The van der Waals surface area contributed by atoms with E-state index < -0.39 is 0 Å². The van der Waals surface area contributed by atoms with Gasteiger partial charge in [-0.15, -0.1) is 0 Å². The average molecular weight is 809 g/mol. The highest BCUT2D eigenvalue weighted by molar-refractivity contribution is 5.87. The van der Waals surface area contributed by atoms with Crippen molar-refractivity contribution in [2.24, 2.45) is 23.7 Å². The molecule has 0 spiro atoms. The second-order valence-corrected chi connectivity index (χ2v) is 18.3. The van der Waals surface area contributed by atoms with Gasteiger partial charge in [-0.3, -0.25) is 0 Å². The van der Waals surface area contributed by atoms with Crippen molar-refractivity contribution in [3.8, 4) is 11.1 Å². The van der Waals surface area contributed by atoms with Gasteiger partial charge >= 0.3 is 0 Å². The van der Waals surface area contributed by atoms with E-state index >= 15 is 0 Å². The number of allylic oxidation sites excluding steroid dienone is 26. The van der Waals surface area contributed by atoms with E-state index in [1.165, 1.54) is 88.4 Å². The van der Waals surface area contributed by atoms with E-state index in [9.17, 15) is 0 Å². The molecule has 0 radical (unpaired) electrons. The molecule has 304 valence electrons. The molecule has 0 saturated heterocycles. The molecule has 0 saturated carbocycles. The standard InChI is InChI=1S/C63H52/c1-3-17-44(18-4-1)51-42-39-45(50-21-7-8-22-52(50)51)34-31-43-32-35-46(36-33-43)61-55-25-9-11-27-57(55)62(58-28-12-10-26-56(58)61)47-37-40-49(41-38-47)63(48-19-5-2-6-20-48)59-29-15-13-23-53(59)54-24-14-16-30-60(54)63/h1-3,5-17,19-32,34-35,37,39-40,42,50,52,55,57H,4,18,33,36,38,41H2. The predicted molar refractivity (Wildman–Crippen MR) is 264 cm³/mol. The highest BCUT2D eigenvalue weighted by Crippen LogP contribution is 2.58. The van der Waals surface area contributed by atoms with Crippen molar-refractivity contribution in [2.75, 3.05) is 0 Å². The van der Waals surface area contributed by atoms with E-state index in [-0.39, 0.29) is 5.41 Å². The van der Waals surface area contributed by atoms with Crippen LogP contribution in [0.2, 0.25) is 0 Å². The molecule has 8 aliphatic carbocycles. The zero-order valence-electron chi connectivity index (χ0n) is 35.8. The molecule has 0 heterocycles. The topological polar surface area (TPSA) is 0 Å². The first kappa shape index (κ1) is 38.0. The van der Waals surface area contributed by atoms with E-state index in [2.05, 4.69) is 219 Å². The van der Waals surface area contributed by atoms with E-state index in [1.54, 1.807) is 0 Å². The fourth-order valence-corrected chi connectivity index (χ4v) is 12.4. The first-order valence-electron chi connectivity index (χ1n) is 23.3. The van der Waals surface area contributed by atoms with Crippen molar-refractivity contribution in [3.63, 3.8) is 0 Å². The minimum absolute atomic E-state index is 0.297. The lowest BCUT2D eigenvalue weighted by Crippen LogP contribution is -2.41. The van der Waals surface area contributed by atoms with Gasteiger partial charge in [-0.2, -0.15) is 0 Å². The summed E-state index contributed by atoms with van der Waals surface area (Å²) in [6, 6.07) is 38.8. The molecule has 4 aromatic carbocycles. The molecule has 0 fully saturated rings. The van der Waals surface area contributed by atoms with Crippen LogP contribution in [0.25, 0.3) is 22.3 Å². The van der Waals surface area contributed by atoms with Crippen molar-refractivity contribution in [2.45, 2.75) is 43.9 Å². The van der Waals surface area contributed by atoms with Crippen molar-refractivity contribution in [3.05, 3.63) is 285 Å². The first-order valence-corrected chi connectivity index (χ1v) is 23.3. The monoisotopic (exact) mass is 808 g/mol. The van der Waals surface area contributed by atoms with Crippen LogP contribution in [0.4, 0.5) is 0 Å². The van der Waals surface area contributed by atoms with Crippen molar-refractivity contribution >= 4 is 11.1 Å². The summed E-state index contributed by atoms with van der Waals surface area (Å²) in [5.74, 6) is 1.40. The Bertz CT molecular complexity index is 3060. The number of benzene rings is 4. The third kappa shape index (κ3) is 6.25. The molecule has 4 aromatic rings. The van der Waals surface area contributed by atoms with E-state index in [4.69, 9.17) is 0 Å². The third-order valence-electron chi connectivity index (χ3n) is 15.2. The van der Waals surface area contributed by atoms with Crippen LogP contribution in [0, 0.1) is 23.7 Å². The second kappa shape index (κ2) is 15.9. The van der Waals surface area contributed by atoms with Crippen LogP contribution >= 0.6 is 0 Å². The molecule has 0 nitrogen and oxygen atoms in total. The van der Waals surface area contributed by atoms with Crippen LogP contribution in [0.5, 0.6) is 0 Å². The van der Waals surface area contributed by atoms with Gasteiger partial charge in [-0.25, -0.2) is 0 Å². The van der Waals surface area contributed by atoms with Gasteiger partial charge in [0.1, 0.15) is 0 Å². The highest BCUT2D eigenvalue weighted by atomic mass is 14.5. The molecule has 0 bridgehead atoms. The second-order valence-electron chi connectivity index (χ2n) is 18.3. The van der Waals surface area contributed by atoms with Crippen molar-refractivity contribution in [1.29, 1.82) is 0 Å². The van der Waals surface area contributed by atoms with Gasteiger partial charge in [-0.1, -0.05) is 224 Å². The summed E-state index contributed by atoms with van der Waals surface area (Å²) in [4.78, 5) is 0. The molecule has 0 N–H and O–H groups in total. The fraction of sp³-hybridized carbons (Fsp3) is 0.175. The lowest BCUT2D eigenvalue weighted by Gasteiger charge is -2.39. The normalized spacial score (nSPS) is 24.8.